The van der Waals surface area contributed by atoms with Gasteiger partial charge in [-0.15, -0.1) is 0 Å². The zero-order valence-corrected chi connectivity index (χ0v) is 11.0. The molecule has 0 atom stereocenters. The lowest BCUT2D eigenvalue weighted by Crippen LogP contribution is -2.02. The van der Waals surface area contributed by atoms with Crippen LogP contribution in [0.25, 0.3) is 5.69 Å². The van der Waals surface area contributed by atoms with Crippen molar-refractivity contribution in [1.29, 1.82) is 0 Å². The number of aryl methyl sites for hydroxylation is 1. The monoisotopic (exact) mass is 249 g/mol. The van der Waals surface area contributed by atoms with Gasteiger partial charge in [0.05, 0.1) is 11.4 Å². The molecule has 90 valence electrons. The molecule has 0 saturated heterocycles. The maximum absolute atomic E-state index is 6.19. The third-order valence-electron chi connectivity index (χ3n) is 2.68. The van der Waals surface area contributed by atoms with Crippen LogP contribution in [0.1, 0.15) is 31.0 Å². The van der Waals surface area contributed by atoms with Gasteiger partial charge in [0.25, 0.3) is 0 Å². The molecular formula is C13H16ClN3. The van der Waals surface area contributed by atoms with Gasteiger partial charge in [-0.05, 0) is 30.5 Å². The standard InChI is InChI=1S/C13H16ClN3/c1-8(2)12-11(14)13(15)17(16-12)10-6-4-5-9(3)7-10/h4-8H,15H2,1-3H3. The van der Waals surface area contributed by atoms with Gasteiger partial charge in [-0.25, -0.2) is 4.68 Å². The molecule has 2 aromatic rings. The average molecular weight is 250 g/mol. The van der Waals surface area contributed by atoms with Crippen molar-refractivity contribution in [3.8, 4) is 5.69 Å². The van der Waals surface area contributed by atoms with Crippen LogP contribution in [0, 0.1) is 6.92 Å². The van der Waals surface area contributed by atoms with Crippen LogP contribution in [-0.2, 0) is 0 Å². The first-order valence-electron chi connectivity index (χ1n) is 5.61. The third kappa shape index (κ3) is 2.15. The number of anilines is 1. The Balaban J connectivity index is 2.57. The normalized spacial score (nSPS) is 11.1. The van der Waals surface area contributed by atoms with E-state index < -0.39 is 0 Å². The lowest BCUT2D eigenvalue weighted by molar-refractivity contribution is 0.771. The lowest BCUT2D eigenvalue weighted by atomic mass is 10.1. The van der Waals surface area contributed by atoms with Crippen LogP contribution >= 0.6 is 11.6 Å². The fourth-order valence-electron chi connectivity index (χ4n) is 1.76. The Hall–Kier alpha value is -1.48. The van der Waals surface area contributed by atoms with Crippen LogP contribution in [0.5, 0.6) is 0 Å². The Morgan fingerprint density at radius 1 is 1.35 bits per heavy atom. The zero-order chi connectivity index (χ0) is 12.6. The minimum Gasteiger partial charge on any atom is -0.382 e. The van der Waals surface area contributed by atoms with Crippen molar-refractivity contribution in [2.24, 2.45) is 0 Å². The molecule has 1 aromatic heterocycles. The quantitative estimate of drug-likeness (QED) is 0.885. The summed E-state index contributed by atoms with van der Waals surface area (Å²) < 4.78 is 1.70. The number of hydrogen-bond donors (Lipinski definition) is 1. The molecule has 0 aliphatic carbocycles. The molecule has 2 N–H and O–H groups in total. The zero-order valence-electron chi connectivity index (χ0n) is 10.2. The number of aromatic nitrogens is 2. The Morgan fingerprint density at radius 3 is 2.59 bits per heavy atom. The molecule has 0 bridgehead atoms. The second-order valence-corrected chi connectivity index (χ2v) is 4.87. The first-order chi connectivity index (χ1) is 8.00. The molecule has 0 fully saturated rings. The molecule has 0 unspecified atom stereocenters. The summed E-state index contributed by atoms with van der Waals surface area (Å²) in [4.78, 5) is 0. The molecular weight excluding hydrogens is 234 g/mol. The molecule has 0 saturated carbocycles. The predicted molar refractivity (Wildman–Crippen MR) is 71.8 cm³/mol. The third-order valence-corrected chi connectivity index (χ3v) is 3.07. The summed E-state index contributed by atoms with van der Waals surface area (Å²) in [6.45, 7) is 6.14. The van der Waals surface area contributed by atoms with E-state index in [4.69, 9.17) is 17.3 Å². The summed E-state index contributed by atoms with van der Waals surface area (Å²) in [5.41, 5.74) is 8.94. The number of nitrogens with zero attached hydrogens (tertiary/aromatic N) is 2. The highest BCUT2D eigenvalue weighted by atomic mass is 35.5. The first kappa shape index (κ1) is 12.0. The van der Waals surface area contributed by atoms with E-state index in [0.29, 0.717) is 10.8 Å². The van der Waals surface area contributed by atoms with Crippen molar-refractivity contribution in [3.05, 3.63) is 40.5 Å². The van der Waals surface area contributed by atoms with Crippen molar-refractivity contribution in [3.63, 3.8) is 0 Å². The van der Waals surface area contributed by atoms with E-state index in [1.165, 1.54) is 5.56 Å². The van der Waals surface area contributed by atoms with Crippen molar-refractivity contribution in [2.75, 3.05) is 5.73 Å². The van der Waals surface area contributed by atoms with E-state index in [1.807, 2.05) is 45.0 Å². The van der Waals surface area contributed by atoms with E-state index >= 15 is 0 Å². The summed E-state index contributed by atoms with van der Waals surface area (Å²) >= 11 is 6.19. The Bertz CT molecular complexity index is 544. The van der Waals surface area contributed by atoms with E-state index in [0.717, 1.165) is 11.4 Å². The van der Waals surface area contributed by atoms with Crippen molar-refractivity contribution >= 4 is 17.4 Å². The van der Waals surface area contributed by atoms with Gasteiger partial charge in [-0.3, -0.25) is 0 Å². The van der Waals surface area contributed by atoms with Gasteiger partial charge < -0.3 is 5.73 Å². The summed E-state index contributed by atoms with van der Waals surface area (Å²) in [6.07, 6.45) is 0. The minimum atomic E-state index is 0.260. The molecule has 17 heavy (non-hydrogen) atoms. The largest absolute Gasteiger partial charge is 0.382 e. The van der Waals surface area contributed by atoms with Crippen LogP contribution in [0.4, 0.5) is 5.82 Å². The topological polar surface area (TPSA) is 43.8 Å². The van der Waals surface area contributed by atoms with Crippen molar-refractivity contribution in [2.45, 2.75) is 26.7 Å². The number of nitrogens with two attached hydrogens (primary N) is 1. The van der Waals surface area contributed by atoms with E-state index in [1.54, 1.807) is 4.68 Å². The Morgan fingerprint density at radius 2 is 2.06 bits per heavy atom. The number of hydrogen-bond acceptors (Lipinski definition) is 2. The summed E-state index contributed by atoms with van der Waals surface area (Å²) in [7, 11) is 0. The second-order valence-electron chi connectivity index (χ2n) is 4.49. The van der Waals surface area contributed by atoms with Gasteiger partial charge in [0.1, 0.15) is 10.8 Å². The lowest BCUT2D eigenvalue weighted by Gasteiger charge is -2.04. The molecule has 0 spiro atoms. The maximum Gasteiger partial charge on any atom is 0.146 e. The summed E-state index contributed by atoms with van der Waals surface area (Å²) in [5.74, 6) is 0.761. The van der Waals surface area contributed by atoms with Crippen molar-refractivity contribution < 1.29 is 0 Å². The van der Waals surface area contributed by atoms with E-state index in [-0.39, 0.29) is 5.92 Å². The van der Waals surface area contributed by atoms with Crippen LogP contribution in [-0.4, -0.2) is 9.78 Å². The van der Waals surface area contributed by atoms with Gasteiger partial charge in [-0.1, -0.05) is 37.6 Å². The molecule has 1 heterocycles. The number of rotatable bonds is 2. The van der Waals surface area contributed by atoms with Gasteiger partial charge in [0.2, 0.25) is 0 Å². The van der Waals surface area contributed by atoms with Crippen LogP contribution < -0.4 is 5.73 Å². The number of halogens is 1. The van der Waals surface area contributed by atoms with Crippen LogP contribution in [0.15, 0.2) is 24.3 Å². The average Bonchev–Trinajstić information content (AvgIpc) is 2.56. The van der Waals surface area contributed by atoms with Gasteiger partial charge in [-0.2, -0.15) is 5.10 Å². The highest BCUT2D eigenvalue weighted by Gasteiger charge is 2.17. The number of nitrogen functional groups attached to an aromatic ring is 1. The van der Waals surface area contributed by atoms with E-state index in [9.17, 15) is 0 Å². The molecule has 2 rings (SSSR count). The van der Waals surface area contributed by atoms with Gasteiger partial charge in [0.15, 0.2) is 0 Å². The minimum absolute atomic E-state index is 0.260. The van der Waals surface area contributed by atoms with Gasteiger partial charge >= 0.3 is 0 Å². The van der Waals surface area contributed by atoms with Crippen LogP contribution in [0.2, 0.25) is 5.02 Å². The highest BCUT2D eigenvalue weighted by molar-refractivity contribution is 6.33. The Kier molecular flexibility index (Phi) is 3.11. The first-order valence-corrected chi connectivity index (χ1v) is 5.99. The summed E-state index contributed by atoms with van der Waals surface area (Å²) in [5, 5.41) is 5.04. The molecule has 0 aliphatic heterocycles. The molecule has 0 amide bonds. The molecule has 0 radical (unpaired) electrons. The van der Waals surface area contributed by atoms with E-state index in [2.05, 4.69) is 5.10 Å². The van der Waals surface area contributed by atoms with Crippen molar-refractivity contribution in [1.82, 2.24) is 9.78 Å². The highest BCUT2D eigenvalue weighted by Crippen LogP contribution is 2.30. The molecule has 0 aliphatic rings. The molecule has 4 heteroatoms. The maximum atomic E-state index is 6.19. The predicted octanol–water partition coefficient (Wildman–Crippen LogP) is 3.54. The fraction of sp³-hybridized carbons (Fsp3) is 0.308. The molecule has 3 nitrogen and oxygen atoms in total. The van der Waals surface area contributed by atoms with Crippen LogP contribution in [0.3, 0.4) is 0 Å². The fourth-order valence-corrected chi connectivity index (χ4v) is 2.09. The summed E-state index contributed by atoms with van der Waals surface area (Å²) in [6, 6.07) is 8.02. The SMILES string of the molecule is Cc1cccc(-n2nc(C(C)C)c(Cl)c2N)c1. The smallest absolute Gasteiger partial charge is 0.146 e. The molecule has 1 aromatic carbocycles. The van der Waals surface area contributed by atoms with Gasteiger partial charge in [0, 0.05) is 0 Å². The number of benzene rings is 1. The second kappa shape index (κ2) is 4.41. The Labute approximate surface area is 106 Å².